The molecule has 0 aliphatic carbocycles. The zero-order valence-electron chi connectivity index (χ0n) is 17.9. The van der Waals surface area contributed by atoms with E-state index in [0.29, 0.717) is 11.0 Å². The fourth-order valence-corrected chi connectivity index (χ4v) is 7.23. The van der Waals surface area contributed by atoms with Crippen LogP contribution in [0.2, 0.25) is 24.2 Å². The van der Waals surface area contributed by atoms with E-state index in [2.05, 4.69) is 40.8 Å². The van der Waals surface area contributed by atoms with E-state index in [1.807, 2.05) is 13.8 Å². The first-order valence-corrected chi connectivity index (χ1v) is 15.5. The Bertz CT molecular complexity index is 612. The molecule has 0 radical (unpaired) electrons. The highest BCUT2D eigenvalue weighted by Gasteiger charge is 2.58. The van der Waals surface area contributed by atoms with Crippen molar-refractivity contribution >= 4 is 53.0 Å². The molecule has 1 aliphatic heterocycles. The summed E-state index contributed by atoms with van der Waals surface area (Å²) in [6, 6.07) is 1.38. The molecule has 1 fully saturated rings. The second-order valence-electron chi connectivity index (χ2n) is 10.2. The fraction of sp³-hybridized carbons (Fsp3) is 1.00. The van der Waals surface area contributed by atoms with Crippen molar-refractivity contribution in [3.63, 3.8) is 0 Å². The summed E-state index contributed by atoms with van der Waals surface area (Å²) >= 11 is 16.8. The lowest BCUT2D eigenvalue weighted by Gasteiger charge is -2.37. The Morgan fingerprint density at radius 2 is 1.67 bits per heavy atom. The summed E-state index contributed by atoms with van der Waals surface area (Å²) in [5.74, 6) is -0.0532. The predicted octanol–water partition coefficient (Wildman–Crippen LogP) is 6.40. The van der Waals surface area contributed by atoms with Gasteiger partial charge in [-0.15, -0.1) is 0 Å². The lowest BCUT2D eigenvalue weighted by atomic mass is 9.98. The van der Waals surface area contributed by atoms with Gasteiger partial charge in [0.05, 0.1) is 19.7 Å². The maximum absolute atomic E-state index is 12.1. The van der Waals surface area contributed by atoms with E-state index in [-0.39, 0.29) is 11.6 Å². The molecule has 3 atom stereocenters. The molecule has 0 spiro atoms. The van der Waals surface area contributed by atoms with Crippen LogP contribution < -0.4 is 0 Å². The predicted molar refractivity (Wildman–Crippen MR) is 120 cm³/mol. The first kappa shape index (κ1) is 26.0. The van der Waals surface area contributed by atoms with Gasteiger partial charge in [-0.25, -0.2) is 0 Å². The molecule has 27 heavy (non-hydrogen) atoms. The molecule has 0 bridgehead atoms. The van der Waals surface area contributed by atoms with Gasteiger partial charge in [0.25, 0.3) is 10.1 Å². The molecule has 0 aromatic rings. The first-order valence-electron chi connectivity index (χ1n) is 9.57. The Kier molecular flexibility index (Phi) is 8.28. The summed E-state index contributed by atoms with van der Waals surface area (Å²) in [4.78, 5) is 0. The quantitative estimate of drug-likeness (QED) is 0.218. The summed E-state index contributed by atoms with van der Waals surface area (Å²) in [6.45, 7) is 18.2. The van der Waals surface area contributed by atoms with E-state index in [0.717, 1.165) is 12.8 Å². The number of hydrogen-bond donors (Lipinski definition) is 0. The van der Waals surface area contributed by atoms with Gasteiger partial charge in [0, 0.05) is 0 Å². The van der Waals surface area contributed by atoms with Crippen LogP contribution in [0.4, 0.5) is 0 Å². The number of rotatable bonds is 9. The van der Waals surface area contributed by atoms with Crippen LogP contribution in [0.25, 0.3) is 0 Å². The first-order chi connectivity index (χ1) is 11.8. The van der Waals surface area contributed by atoms with Gasteiger partial charge in [-0.05, 0) is 37.6 Å². The second kappa shape index (κ2) is 8.60. The normalized spacial score (nSPS) is 24.7. The van der Waals surface area contributed by atoms with Gasteiger partial charge in [0.1, 0.15) is 5.75 Å². The van der Waals surface area contributed by atoms with Crippen LogP contribution in [0, 0.1) is 5.92 Å². The molecule has 3 unspecified atom stereocenters. The highest BCUT2D eigenvalue weighted by atomic mass is 35.6. The molecule has 0 aromatic carbocycles. The second-order valence-corrected chi connectivity index (χ2v) is 20.1. The van der Waals surface area contributed by atoms with Crippen LogP contribution in [-0.4, -0.2) is 42.7 Å². The van der Waals surface area contributed by atoms with Gasteiger partial charge in [-0.2, -0.15) is 17.8 Å². The Balaban J connectivity index is 2.51. The number of halogens is 3. The summed E-state index contributed by atoms with van der Waals surface area (Å²) in [7, 11) is -5.19. The van der Waals surface area contributed by atoms with Crippen LogP contribution in [-0.2, 0) is 14.4 Å². The molecule has 0 saturated carbocycles. The SMILES string of the molecule is CC(CCC1N(OS(=O)(=O)CC(Cl)(Cl)Cl)C1(C)C)CC[Si](C)(C)C(C)(C)C. The molecule has 0 aromatic heterocycles. The number of nitrogens with zero attached hydrogens (tertiary/aromatic N) is 1. The molecule has 1 aliphatic rings. The molecule has 1 saturated heterocycles. The molecule has 0 N–H and O–H groups in total. The fourth-order valence-electron chi connectivity index (χ4n) is 3.07. The lowest BCUT2D eigenvalue weighted by Crippen LogP contribution is -2.37. The highest BCUT2D eigenvalue weighted by molar-refractivity contribution is 7.87. The van der Waals surface area contributed by atoms with E-state index >= 15 is 0 Å². The van der Waals surface area contributed by atoms with Crippen LogP contribution in [0.5, 0.6) is 0 Å². The smallest absolute Gasteiger partial charge is 0.198 e. The van der Waals surface area contributed by atoms with Crippen molar-refractivity contribution in [2.24, 2.45) is 5.92 Å². The molecular weight excluding hydrogens is 445 g/mol. The minimum atomic E-state index is -3.93. The number of alkyl halides is 3. The van der Waals surface area contributed by atoms with Gasteiger partial charge in [0.15, 0.2) is 0 Å². The molecule has 1 heterocycles. The summed E-state index contributed by atoms with van der Waals surface area (Å²) in [5.41, 5.74) is -0.320. The third-order valence-corrected chi connectivity index (χ3v) is 14.0. The summed E-state index contributed by atoms with van der Waals surface area (Å²) < 4.78 is 27.4. The largest absolute Gasteiger partial charge is 0.287 e. The zero-order chi connectivity index (χ0) is 21.5. The van der Waals surface area contributed by atoms with E-state index < -0.39 is 27.7 Å². The molecule has 0 amide bonds. The van der Waals surface area contributed by atoms with Crippen LogP contribution in [0.15, 0.2) is 0 Å². The van der Waals surface area contributed by atoms with E-state index in [4.69, 9.17) is 39.1 Å². The van der Waals surface area contributed by atoms with Gasteiger partial charge in [0.2, 0.25) is 3.79 Å². The molecule has 162 valence electrons. The number of hydrogen-bond acceptors (Lipinski definition) is 4. The third kappa shape index (κ3) is 7.95. The molecule has 4 nitrogen and oxygen atoms in total. The maximum Gasteiger partial charge on any atom is 0.287 e. The van der Waals surface area contributed by atoms with Crippen molar-refractivity contribution in [1.82, 2.24) is 5.06 Å². The minimum absolute atomic E-state index is 0.0676. The average molecular weight is 481 g/mol. The maximum atomic E-state index is 12.1. The Morgan fingerprint density at radius 3 is 2.11 bits per heavy atom. The molecule has 9 heteroatoms. The van der Waals surface area contributed by atoms with Crippen molar-refractivity contribution in [2.75, 3.05) is 5.75 Å². The van der Waals surface area contributed by atoms with Crippen LogP contribution in [0.3, 0.4) is 0 Å². The zero-order valence-corrected chi connectivity index (χ0v) is 22.0. The van der Waals surface area contributed by atoms with Crippen molar-refractivity contribution in [3.05, 3.63) is 0 Å². The van der Waals surface area contributed by atoms with Crippen molar-refractivity contribution < 1.29 is 12.7 Å². The van der Waals surface area contributed by atoms with E-state index in [9.17, 15) is 8.42 Å². The third-order valence-electron chi connectivity index (χ3n) is 6.36. The standard InChI is InChI=1S/C18H36Cl3NO3SSi/c1-14(11-12-27(7,8)16(2,3)4)9-10-15-17(5,6)22(15)25-26(23,24)13-18(19,20)21/h14-15H,9-13H2,1-8H3. The van der Waals surface area contributed by atoms with Gasteiger partial charge in [-0.3, -0.25) is 0 Å². The Hall–Kier alpha value is 0.957. The van der Waals surface area contributed by atoms with Gasteiger partial charge in [-0.1, -0.05) is 88.1 Å². The van der Waals surface area contributed by atoms with Gasteiger partial charge >= 0.3 is 0 Å². The van der Waals surface area contributed by atoms with E-state index in [1.54, 1.807) is 0 Å². The van der Waals surface area contributed by atoms with Crippen molar-refractivity contribution in [2.45, 2.75) is 100 Å². The Labute approximate surface area is 182 Å². The summed E-state index contributed by atoms with van der Waals surface area (Å²) in [6.07, 6.45) is 3.16. The van der Waals surface area contributed by atoms with Crippen molar-refractivity contribution in [1.29, 1.82) is 0 Å². The lowest BCUT2D eigenvalue weighted by molar-refractivity contribution is 0.0319. The van der Waals surface area contributed by atoms with E-state index in [1.165, 1.54) is 17.5 Å². The molecular formula is C18H36Cl3NO3SSi. The Morgan fingerprint density at radius 1 is 1.15 bits per heavy atom. The van der Waals surface area contributed by atoms with Crippen LogP contribution >= 0.6 is 34.8 Å². The monoisotopic (exact) mass is 479 g/mol. The summed E-state index contributed by atoms with van der Waals surface area (Å²) in [5, 5.41) is 1.94. The van der Waals surface area contributed by atoms with Crippen molar-refractivity contribution in [3.8, 4) is 0 Å². The molecule has 1 rings (SSSR count). The average Bonchev–Trinajstić information content (AvgIpc) is 2.89. The topological polar surface area (TPSA) is 46.4 Å². The van der Waals surface area contributed by atoms with Crippen LogP contribution in [0.1, 0.15) is 60.8 Å². The van der Waals surface area contributed by atoms with Gasteiger partial charge < -0.3 is 0 Å². The highest BCUT2D eigenvalue weighted by Crippen LogP contribution is 2.46. The number of hydroxylamine groups is 2. The minimum Gasteiger partial charge on any atom is -0.198 e.